The van der Waals surface area contributed by atoms with Crippen LogP contribution in [0.15, 0.2) is 11.6 Å². The van der Waals surface area contributed by atoms with Crippen molar-refractivity contribution in [3.05, 3.63) is 11.6 Å². The van der Waals surface area contributed by atoms with E-state index in [1.54, 1.807) is 0 Å². The minimum absolute atomic E-state index is 0.0283. The van der Waals surface area contributed by atoms with E-state index in [4.69, 9.17) is 0 Å². The molecule has 1 unspecified atom stereocenters. The maximum Gasteiger partial charge on any atom is 0.237 e. The summed E-state index contributed by atoms with van der Waals surface area (Å²) >= 11 is 0. The van der Waals surface area contributed by atoms with Gasteiger partial charge in [-0.25, -0.2) is 0 Å². The molecule has 0 aromatic carbocycles. The first-order valence-electron chi connectivity index (χ1n) is 4.34. The second kappa shape index (κ2) is 4.26. The third-order valence-electron chi connectivity index (χ3n) is 1.92. The largest absolute Gasteiger partial charge is 0.355 e. The van der Waals surface area contributed by atoms with Crippen molar-refractivity contribution in [2.24, 2.45) is 0 Å². The number of hydrogen-bond acceptors (Lipinski definition) is 2. The number of rotatable bonds is 3. The van der Waals surface area contributed by atoms with E-state index in [2.05, 4.69) is 30.6 Å². The molecule has 1 fully saturated rings. The maximum atomic E-state index is 11.1. The number of amides is 1. The van der Waals surface area contributed by atoms with Crippen molar-refractivity contribution in [1.82, 2.24) is 10.6 Å². The molecule has 0 aromatic rings. The van der Waals surface area contributed by atoms with Crippen molar-refractivity contribution in [3.8, 4) is 0 Å². The Balaban J connectivity index is 2.23. The van der Waals surface area contributed by atoms with Crippen LogP contribution >= 0.6 is 0 Å². The van der Waals surface area contributed by atoms with Gasteiger partial charge in [0, 0.05) is 13.1 Å². The van der Waals surface area contributed by atoms with E-state index in [9.17, 15) is 4.79 Å². The molecule has 0 spiro atoms. The van der Waals surface area contributed by atoms with Gasteiger partial charge in [0.05, 0.1) is 6.04 Å². The Kier molecular flexibility index (Phi) is 3.29. The highest BCUT2D eigenvalue weighted by Gasteiger charge is 2.22. The lowest BCUT2D eigenvalue weighted by molar-refractivity contribution is -0.120. The van der Waals surface area contributed by atoms with Crippen molar-refractivity contribution in [2.45, 2.75) is 26.3 Å². The van der Waals surface area contributed by atoms with E-state index >= 15 is 0 Å². The van der Waals surface area contributed by atoms with Gasteiger partial charge in [-0.1, -0.05) is 11.6 Å². The Morgan fingerprint density at radius 3 is 3.00 bits per heavy atom. The first-order valence-corrected chi connectivity index (χ1v) is 4.34. The SMILES string of the molecule is CC(C)=CCNC1CCNC1=O. The van der Waals surface area contributed by atoms with Crippen molar-refractivity contribution in [2.75, 3.05) is 13.1 Å². The maximum absolute atomic E-state index is 11.1. The van der Waals surface area contributed by atoms with E-state index in [0.29, 0.717) is 0 Å². The number of carbonyl (C=O) groups is 1. The molecule has 1 aliphatic heterocycles. The molecule has 0 aromatic heterocycles. The molecule has 0 radical (unpaired) electrons. The number of allylic oxidation sites excluding steroid dienone is 1. The third-order valence-corrected chi connectivity index (χ3v) is 1.92. The highest BCUT2D eigenvalue weighted by molar-refractivity contribution is 5.83. The first kappa shape index (κ1) is 9.26. The van der Waals surface area contributed by atoms with Crippen LogP contribution < -0.4 is 10.6 Å². The van der Waals surface area contributed by atoms with Crippen molar-refractivity contribution in [3.63, 3.8) is 0 Å². The van der Waals surface area contributed by atoms with E-state index in [1.807, 2.05) is 0 Å². The molecule has 1 heterocycles. The second-order valence-corrected chi connectivity index (χ2v) is 3.32. The molecule has 0 saturated carbocycles. The van der Waals surface area contributed by atoms with Gasteiger partial charge >= 0.3 is 0 Å². The smallest absolute Gasteiger partial charge is 0.237 e. The van der Waals surface area contributed by atoms with Crippen molar-refractivity contribution < 1.29 is 4.79 Å². The van der Waals surface area contributed by atoms with Gasteiger partial charge in [0.15, 0.2) is 0 Å². The van der Waals surface area contributed by atoms with Crippen LogP contribution in [0.3, 0.4) is 0 Å². The minimum atomic E-state index is 0.0283. The van der Waals surface area contributed by atoms with Crippen LogP contribution in [-0.2, 0) is 4.79 Å². The molecule has 0 aliphatic carbocycles. The van der Waals surface area contributed by atoms with Gasteiger partial charge in [0.25, 0.3) is 0 Å². The van der Waals surface area contributed by atoms with Gasteiger partial charge in [0.1, 0.15) is 0 Å². The standard InChI is InChI=1S/C9H16N2O/c1-7(2)3-5-10-8-4-6-11-9(8)12/h3,8,10H,4-6H2,1-2H3,(H,11,12). The van der Waals surface area contributed by atoms with E-state index in [0.717, 1.165) is 19.5 Å². The Morgan fingerprint density at radius 2 is 2.50 bits per heavy atom. The summed E-state index contributed by atoms with van der Waals surface area (Å²) in [6, 6.07) is 0.0283. The minimum Gasteiger partial charge on any atom is -0.355 e. The molecule has 1 rings (SSSR count). The molecule has 1 atom stereocenters. The lowest BCUT2D eigenvalue weighted by Crippen LogP contribution is -2.36. The lowest BCUT2D eigenvalue weighted by atomic mass is 10.2. The quantitative estimate of drug-likeness (QED) is 0.600. The molecule has 0 bridgehead atoms. The van der Waals surface area contributed by atoms with Crippen LogP contribution in [0.25, 0.3) is 0 Å². The second-order valence-electron chi connectivity index (χ2n) is 3.32. The third kappa shape index (κ3) is 2.66. The summed E-state index contributed by atoms with van der Waals surface area (Å²) < 4.78 is 0. The molecule has 1 aliphatic rings. The predicted octanol–water partition coefficient (Wildman–Crippen LogP) is 0.431. The Hall–Kier alpha value is -0.830. The molecule has 3 heteroatoms. The molecular formula is C9H16N2O. The van der Waals surface area contributed by atoms with Crippen LogP contribution in [0.4, 0.5) is 0 Å². The highest BCUT2D eigenvalue weighted by atomic mass is 16.2. The van der Waals surface area contributed by atoms with Gasteiger partial charge in [-0.2, -0.15) is 0 Å². The van der Waals surface area contributed by atoms with Crippen molar-refractivity contribution in [1.29, 1.82) is 0 Å². The Labute approximate surface area is 73.2 Å². The molecule has 1 amide bonds. The summed E-state index contributed by atoms with van der Waals surface area (Å²) in [6.45, 7) is 5.71. The fourth-order valence-electron chi connectivity index (χ4n) is 1.19. The molecule has 12 heavy (non-hydrogen) atoms. The van der Waals surface area contributed by atoms with Crippen LogP contribution in [-0.4, -0.2) is 25.0 Å². The summed E-state index contributed by atoms with van der Waals surface area (Å²) in [7, 11) is 0. The van der Waals surface area contributed by atoms with E-state index < -0.39 is 0 Å². The lowest BCUT2D eigenvalue weighted by Gasteiger charge is -2.06. The highest BCUT2D eigenvalue weighted by Crippen LogP contribution is 1.98. The average Bonchev–Trinajstić information content (AvgIpc) is 2.36. The predicted molar refractivity (Wildman–Crippen MR) is 48.8 cm³/mol. The zero-order chi connectivity index (χ0) is 8.97. The molecule has 2 N–H and O–H groups in total. The van der Waals surface area contributed by atoms with Crippen molar-refractivity contribution >= 4 is 5.91 Å². The summed E-state index contributed by atoms with van der Waals surface area (Å²) in [6.07, 6.45) is 3.00. The Morgan fingerprint density at radius 1 is 1.75 bits per heavy atom. The number of nitrogens with one attached hydrogen (secondary N) is 2. The average molecular weight is 168 g/mol. The van der Waals surface area contributed by atoms with Crippen LogP contribution in [0, 0.1) is 0 Å². The summed E-state index contributed by atoms with van der Waals surface area (Å²) in [4.78, 5) is 11.1. The zero-order valence-corrected chi connectivity index (χ0v) is 7.68. The Bertz CT molecular complexity index is 195. The molecule has 68 valence electrons. The van der Waals surface area contributed by atoms with Gasteiger partial charge < -0.3 is 10.6 Å². The summed E-state index contributed by atoms with van der Waals surface area (Å²) in [5, 5.41) is 5.96. The normalized spacial score (nSPS) is 22.2. The van der Waals surface area contributed by atoms with Crippen LogP contribution in [0.1, 0.15) is 20.3 Å². The van der Waals surface area contributed by atoms with Gasteiger partial charge in [-0.15, -0.1) is 0 Å². The van der Waals surface area contributed by atoms with E-state index in [1.165, 1.54) is 5.57 Å². The van der Waals surface area contributed by atoms with E-state index in [-0.39, 0.29) is 11.9 Å². The first-order chi connectivity index (χ1) is 5.70. The van der Waals surface area contributed by atoms with Gasteiger partial charge in [0.2, 0.25) is 5.91 Å². The topological polar surface area (TPSA) is 41.1 Å². The van der Waals surface area contributed by atoms with Crippen LogP contribution in [0.2, 0.25) is 0 Å². The monoisotopic (exact) mass is 168 g/mol. The van der Waals surface area contributed by atoms with Gasteiger partial charge in [-0.05, 0) is 20.3 Å². The fraction of sp³-hybridized carbons (Fsp3) is 0.667. The molecular weight excluding hydrogens is 152 g/mol. The summed E-state index contributed by atoms with van der Waals surface area (Å²) in [5.41, 5.74) is 1.28. The zero-order valence-electron chi connectivity index (χ0n) is 7.68. The van der Waals surface area contributed by atoms with Gasteiger partial charge in [-0.3, -0.25) is 4.79 Å². The fourth-order valence-corrected chi connectivity index (χ4v) is 1.19. The number of hydrogen-bond donors (Lipinski definition) is 2. The number of carbonyl (C=O) groups excluding carboxylic acids is 1. The summed E-state index contributed by atoms with van der Waals surface area (Å²) in [5.74, 6) is 0.136. The van der Waals surface area contributed by atoms with Crippen LogP contribution in [0.5, 0.6) is 0 Å². The molecule has 3 nitrogen and oxygen atoms in total. The molecule has 1 saturated heterocycles.